The Morgan fingerprint density at radius 3 is 3.06 bits per heavy atom. The van der Waals surface area contributed by atoms with Crippen LogP contribution in [0.25, 0.3) is 0 Å². The highest BCUT2D eigenvalue weighted by atomic mass is 16.2. The fourth-order valence-electron chi connectivity index (χ4n) is 4.40. The minimum atomic E-state index is -0.00512. The minimum Gasteiger partial charge on any atom is -0.346 e. The zero-order valence-electron chi connectivity index (χ0n) is 9.91. The van der Waals surface area contributed by atoms with Gasteiger partial charge in [0.2, 0.25) is 5.91 Å². The highest BCUT2D eigenvalue weighted by molar-refractivity contribution is 5.85. The summed E-state index contributed by atoms with van der Waals surface area (Å²) in [6.45, 7) is 0. The monoisotopic (exact) mass is 227 g/mol. The Morgan fingerprint density at radius 2 is 2.12 bits per heavy atom. The lowest BCUT2D eigenvalue weighted by molar-refractivity contribution is -0.123. The molecule has 4 rings (SSSR count). The van der Waals surface area contributed by atoms with Gasteiger partial charge in [0.1, 0.15) is 0 Å². The van der Waals surface area contributed by atoms with Gasteiger partial charge in [-0.05, 0) is 36.3 Å². The average molecular weight is 227 g/mol. The molecule has 2 fully saturated rings. The number of nitrogens with one attached hydrogen (secondary N) is 1. The molecule has 88 valence electrons. The second-order valence-electron chi connectivity index (χ2n) is 5.78. The van der Waals surface area contributed by atoms with Crippen molar-refractivity contribution < 1.29 is 4.79 Å². The van der Waals surface area contributed by atoms with Crippen molar-refractivity contribution in [3.05, 3.63) is 35.4 Å². The van der Waals surface area contributed by atoms with Crippen molar-refractivity contribution in [1.82, 2.24) is 5.32 Å². The lowest BCUT2D eigenvalue weighted by Gasteiger charge is -2.44. The molecule has 2 heteroatoms. The molecular weight excluding hydrogens is 210 g/mol. The van der Waals surface area contributed by atoms with Gasteiger partial charge < -0.3 is 5.32 Å². The van der Waals surface area contributed by atoms with Gasteiger partial charge in [0.15, 0.2) is 0 Å². The maximum absolute atomic E-state index is 12.2. The van der Waals surface area contributed by atoms with E-state index in [1.807, 2.05) is 0 Å². The van der Waals surface area contributed by atoms with Gasteiger partial charge in [-0.15, -0.1) is 0 Å². The van der Waals surface area contributed by atoms with Crippen LogP contribution in [-0.2, 0) is 16.8 Å². The van der Waals surface area contributed by atoms with E-state index in [9.17, 15) is 4.79 Å². The molecule has 0 spiro atoms. The molecule has 1 saturated carbocycles. The van der Waals surface area contributed by atoms with Crippen LogP contribution in [0.4, 0.5) is 0 Å². The normalized spacial score (nSPS) is 38.2. The molecule has 3 atom stereocenters. The number of carbonyl (C=O) groups is 1. The minimum absolute atomic E-state index is 0.00512. The van der Waals surface area contributed by atoms with Crippen molar-refractivity contribution in [3.8, 4) is 0 Å². The topological polar surface area (TPSA) is 29.1 Å². The van der Waals surface area contributed by atoms with Gasteiger partial charge in [-0.25, -0.2) is 0 Å². The number of hydrogen-bond acceptors (Lipinski definition) is 1. The summed E-state index contributed by atoms with van der Waals surface area (Å²) in [6.07, 6.45) is 5.85. The van der Waals surface area contributed by atoms with E-state index in [2.05, 4.69) is 29.6 Å². The highest BCUT2D eigenvalue weighted by Crippen LogP contribution is 2.54. The Balaban J connectivity index is 1.95. The first-order valence-electron chi connectivity index (χ1n) is 6.72. The van der Waals surface area contributed by atoms with Crippen LogP contribution in [0.5, 0.6) is 0 Å². The molecule has 1 aromatic rings. The number of fused-ring (bicyclic) bond motifs is 1. The number of benzene rings is 1. The van der Waals surface area contributed by atoms with E-state index in [0.29, 0.717) is 11.8 Å². The van der Waals surface area contributed by atoms with Gasteiger partial charge in [0.05, 0.1) is 5.54 Å². The quantitative estimate of drug-likeness (QED) is 0.724. The van der Waals surface area contributed by atoms with Gasteiger partial charge in [-0.1, -0.05) is 37.1 Å². The summed E-state index contributed by atoms with van der Waals surface area (Å²) in [5.41, 5.74) is 2.80. The molecule has 2 bridgehead atoms. The Kier molecular flexibility index (Phi) is 1.78. The molecule has 1 aromatic carbocycles. The summed E-state index contributed by atoms with van der Waals surface area (Å²) in [4.78, 5) is 12.2. The maximum Gasteiger partial charge on any atom is 0.224 e. The predicted molar refractivity (Wildman–Crippen MR) is 65.4 cm³/mol. The summed E-state index contributed by atoms with van der Waals surface area (Å²) >= 11 is 0. The van der Waals surface area contributed by atoms with E-state index < -0.39 is 0 Å². The SMILES string of the molecule is O=C1NC23CCCCC2C1Cc1ccccc13. The molecule has 1 aliphatic heterocycles. The Bertz CT molecular complexity index is 495. The molecule has 0 aromatic heterocycles. The average Bonchev–Trinajstić information content (AvgIpc) is 2.58. The van der Waals surface area contributed by atoms with Gasteiger partial charge >= 0.3 is 0 Å². The molecule has 1 N–H and O–H groups in total. The molecule has 1 saturated heterocycles. The highest BCUT2D eigenvalue weighted by Gasteiger charge is 2.57. The maximum atomic E-state index is 12.2. The summed E-state index contributed by atoms with van der Waals surface area (Å²) in [7, 11) is 0. The summed E-state index contributed by atoms with van der Waals surface area (Å²) in [5.74, 6) is 1.09. The van der Waals surface area contributed by atoms with Crippen molar-refractivity contribution in [3.63, 3.8) is 0 Å². The van der Waals surface area contributed by atoms with Crippen LogP contribution in [0.1, 0.15) is 36.8 Å². The molecule has 1 heterocycles. The van der Waals surface area contributed by atoms with Gasteiger partial charge in [0, 0.05) is 5.92 Å². The smallest absolute Gasteiger partial charge is 0.224 e. The summed E-state index contributed by atoms with van der Waals surface area (Å²) in [5, 5.41) is 3.35. The fraction of sp³-hybridized carbons (Fsp3) is 0.533. The van der Waals surface area contributed by atoms with Crippen LogP contribution >= 0.6 is 0 Å². The molecule has 0 radical (unpaired) electrons. The lowest BCUT2D eigenvalue weighted by Crippen LogP contribution is -2.47. The Morgan fingerprint density at radius 1 is 1.24 bits per heavy atom. The van der Waals surface area contributed by atoms with Crippen LogP contribution < -0.4 is 5.32 Å². The van der Waals surface area contributed by atoms with E-state index in [0.717, 1.165) is 12.8 Å². The molecular formula is C15H17NO. The van der Waals surface area contributed by atoms with Crippen LogP contribution in [0.2, 0.25) is 0 Å². The first kappa shape index (κ1) is 9.69. The third-order valence-electron chi connectivity index (χ3n) is 5.08. The van der Waals surface area contributed by atoms with Gasteiger partial charge in [-0.2, -0.15) is 0 Å². The van der Waals surface area contributed by atoms with E-state index in [1.54, 1.807) is 0 Å². The summed E-state index contributed by atoms with van der Waals surface area (Å²) in [6, 6.07) is 8.65. The first-order chi connectivity index (χ1) is 8.31. The molecule has 2 nitrogen and oxygen atoms in total. The number of hydrogen-bond donors (Lipinski definition) is 1. The molecule has 3 aliphatic rings. The summed E-state index contributed by atoms with van der Waals surface area (Å²) < 4.78 is 0. The van der Waals surface area contributed by atoms with E-state index in [4.69, 9.17) is 0 Å². The standard InChI is InChI=1S/C15H17NO/c17-14-11-9-10-5-1-2-6-12(10)15(16-14)8-4-3-7-13(11)15/h1-2,5-6,11,13H,3-4,7-9H2,(H,16,17). The van der Waals surface area contributed by atoms with Crippen LogP contribution in [0.3, 0.4) is 0 Å². The fourth-order valence-corrected chi connectivity index (χ4v) is 4.40. The third-order valence-corrected chi connectivity index (χ3v) is 5.08. The van der Waals surface area contributed by atoms with Crippen LogP contribution in [0.15, 0.2) is 24.3 Å². The molecule has 3 unspecified atom stereocenters. The molecule has 17 heavy (non-hydrogen) atoms. The van der Waals surface area contributed by atoms with E-state index in [1.165, 1.54) is 30.4 Å². The van der Waals surface area contributed by atoms with Crippen LogP contribution in [0, 0.1) is 11.8 Å². The van der Waals surface area contributed by atoms with Crippen LogP contribution in [-0.4, -0.2) is 5.91 Å². The zero-order chi connectivity index (χ0) is 11.5. The Labute approximate surface area is 101 Å². The first-order valence-corrected chi connectivity index (χ1v) is 6.72. The largest absolute Gasteiger partial charge is 0.346 e. The zero-order valence-corrected chi connectivity index (χ0v) is 9.91. The number of carbonyl (C=O) groups excluding carboxylic acids is 1. The Hall–Kier alpha value is -1.31. The van der Waals surface area contributed by atoms with Gasteiger partial charge in [-0.3, -0.25) is 4.79 Å². The predicted octanol–water partition coefficient (Wildman–Crippen LogP) is 2.37. The van der Waals surface area contributed by atoms with Crippen molar-refractivity contribution in [1.29, 1.82) is 0 Å². The van der Waals surface area contributed by atoms with E-state index in [-0.39, 0.29) is 11.5 Å². The van der Waals surface area contributed by atoms with Crippen molar-refractivity contribution in [2.75, 3.05) is 0 Å². The number of rotatable bonds is 0. The molecule has 1 amide bonds. The molecule has 2 aliphatic carbocycles. The third kappa shape index (κ3) is 1.09. The second-order valence-corrected chi connectivity index (χ2v) is 5.78. The second kappa shape index (κ2) is 3.12. The van der Waals surface area contributed by atoms with E-state index >= 15 is 0 Å². The lowest BCUT2D eigenvalue weighted by atomic mass is 9.61. The van der Waals surface area contributed by atoms with Gasteiger partial charge in [0.25, 0.3) is 0 Å². The van der Waals surface area contributed by atoms with Crippen molar-refractivity contribution in [2.24, 2.45) is 11.8 Å². The van der Waals surface area contributed by atoms with Crippen molar-refractivity contribution >= 4 is 5.91 Å². The number of amides is 1. The van der Waals surface area contributed by atoms with Crippen molar-refractivity contribution in [2.45, 2.75) is 37.6 Å².